The lowest BCUT2D eigenvalue weighted by atomic mass is 9.83. The van der Waals surface area contributed by atoms with Crippen LogP contribution in [0.1, 0.15) is 37.3 Å². The van der Waals surface area contributed by atoms with Crippen LogP contribution in [0.25, 0.3) is 0 Å². The smallest absolute Gasteiger partial charge is 0.0449 e. The summed E-state index contributed by atoms with van der Waals surface area (Å²) in [5, 5.41) is 3.64. The minimum Gasteiger partial charge on any atom is -0.308 e. The van der Waals surface area contributed by atoms with Crippen LogP contribution in [0, 0.1) is 5.92 Å². The minimum atomic E-state index is 0.529. The first-order valence-electron chi connectivity index (χ1n) is 7.42. The van der Waals surface area contributed by atoms with Gasteiger partial charge < -0.3 is 10.2 Å². The average molecular weight is 244 g/mol. The second-order valence-electron chi connectivity index (χ2n) is 5.80. The van der Waals surface area contributed by atoms with Gasteiger partial charge in [-0.15, -0.1) is 0 Å². The van der Waals surface area contributed by atoms with Gasteiger partial charge in [0, 0.05) is 25.7 Å². The van der Waals surface area contributed by atoms with Gasteiger partial charge in [-0.1, -0.05) is 49.6 Å². The van der Waals surface area contributed by atoms with Gasteiger partial charge in [0.05, 0.1) is 0 Å². The second kappa shape index (κ2) is 5.85. The van der Waals surface area contributed by atoms with E-state index in [2.05, 4.69) is 40.5 Å². The van der Waals surface area contributed by atoms with Crippen LogP contribution in [0.4, 0.5) is 0 Å². The van der Waals surface area contributed by atoms with Crippen LogP contribution < -0.4 is 5.32 Å². The molecule has 0 amide bonds. The molecule has 1 N–H and O–H groups in total. The molecule has 0 aromatic heterocycles. The molecule has 2 fully saturated rings. The Labute approximate surface area is 110 Å². The van der Waals surface area contributed by atoms with Gasteiger partial charge in [-0.3, -0.25) is 0 Å². The van der Waals surface area contributed by atoms with Crippen molar-refractivity contribution < 1.29 is 0 Å². The standard InChI is InChI=1S/C16H24N2/c1-2-7-15(8-3-1)16-13-18(12-10-17-16)11-9-14-5-4-6-14/h1-3,7-8,14,16-17H,4-6,9-13H2. The topological polar surface area (TPSA) is 15.3 Å². The van der Waals surface area contributed by atoms with Crippen molar-refractivity contribution in [3.05, 3.63) is 35.9 Å². The zero-order valence-electron chi connectivity index (χ0n) is 11.1. The molecule has 1 heterocycles. The van der Waals surface area contributed by atoms with E-state index in [1.165, 1.54) is 50.9 Å². The Balaban J connectivity index is 1.51. The van der Waals surface area contributed by atoms with Gasteiger partial charge in [0.25, 0.3) is 0 Å². The van der Waals surface area contributed by atoms with Gasteiger partial charge in [-0.05, 0) is 24.4 Å². The van der Waals surface area contributed by atoms with E-state index in [-0.39, 0.29) is 0 Å². The van der Waals surface area contributed by atoms with Crippen LogP contribution in [0.3, 0.4) is 0 Å². The fraction of sp³-hybridized carbons (Fsp3) is 0.625. The Morgan fingerprint density at radius 3 is 2.72 bits per heavy atom. The second-order valence-corrected chi connectivity index (χ2v) is 5.80. The zero-order valence-corrected chi connectivity index (χ0v) is 11.1. The maximum atomic E-state index is 3.64. The molecule has 1 saturated carbocycles. The molecule has 1 aromatic carbocycles. The molecule has 2 nitrogen and oxygen atoms in total. The lowest BCUT2D eigenvalue weighted by molar-refractivity contribution is 0.171. The molecule has 2 heteroatoms. The molecule has 1 aliphatic heterocycles. The quantitative estimate of drug-likeness (QED) is 0.876. The molecule has 1 unspecified atom stereocenters. The molecule has 3 rings (SSSR count). The summed E-state index contributed by atoms with van der Waals surface area (Å²) in [5.41, 5.74) is 1.44. The van der Waals surface area contributed by atoms with Crippen molar-refractivity contribution in [3.63, 3.8) is 0 Å². The average Bonchev–Trinajstić information content (AvgIpc) is 2.38. The Morgan fingerprint density at radius 2 is 2.00 bits per heavy atom. The van der Waals surface area contributed by atoms with Gasteiger partial charge in [0.2, 0.25) is 0 Å². The van der Waals surface area contributed by atoms with E-state index in [1.54, 1.807) is 0 Å². The van der Waals surface area contributed by atoms with Crippen LogP contribution in [-0.2, 0) is 0 Å². The number of nitrogens with one attached hydrogen (secondary N) is 1. The van der Waals surface area contributed by atoms with E-state index in [1.807, 2.05) is 0 Å². The summed E-state index contributed by atoms with van der Waals surface area (Å²) in [4.78, 5) is 2.65. The Hall–Kier alpha value is -0.860. The summed E-state index contributed by atoms with van der Waals surface area (Å²) in [7, 11) is 0. The number of piperazine rings is 1. The third kappa shape index (κ3) is 2.93. The molecule has 1 aromatic rings. The van der Waals surface area contributed by atoms with E-state index in [0.717, 1.165) is 12.5 Å². The summed E-state index contributed by atoms with van der Waals surface area (Å²) in [5.74, 6) is 1.04. The molecular formula is C16H24N2. The van der Waals surface area contributed by atoms with Crippen LogP contribution >= 0.6 is 0 Å². The van der Waals surface area contributed by atoms with E-state index >= 15 is 0 Å². The summed E-state index contributed by atoms with van der Waals surface area (Å²) in [6.45, 7) is 4.83. The predicted octanol–water partition coefficient (Wildman–Crippen LogP) is 2.82. The fourth-order valence-electron chi connectivity index (χ4n) is 3.07. The summed E-state index contributed by atoms with van der Waals surface area (Å²) >= 11 is 0. The van der Waals surface area contributed by atoms with E-state index in [9.17, 15) is 0 Å². The van der Waals surface area contributed by atoms with Crippen molar-refractivity contribution in [1.29, 1.82) is 0 Å². The first-order chi connectivity index (χ1) is 8.92. The zero-order chi connectivity index (χ0) is 12.2. The maximum Gasteiger partial charge on any atom is 0.0449 e. The van der Waals surface area contributed by atoms with Crippen LogP contribution in [-0.4, -0.2) is 31.1 Å². The third-order valence-electron chi connectivity index (χ3n) is 4.54. The van der Waals surface area contributed by atoms with Crippen molar-refractivity contribution in [2.75, 3.05) is 26.2 Å². The molecule has 2 aliphatic rings. The number of hydrogen-bond donors (Lipinski definition) is 1. The molecule has 1 aliphatic carbocycles. The van der Waals surface area contributed by atoms with Gasteiger partial charge >= 0.3 is 0 Å². The largest absolute Gasteiger partial charge is 0.308 e. The minimum absolute atomic E-state index is 0.529. The first kappa shape index (κ1) is 12.2. The summed E-state index contributed by atoms with van der Waals surface area (Å²) in [6, 6.07) is 11.4. The predicted molar refractivity (Wildman–Crippen MR) is 75.6 cm³/mol. The van der Waals surface area contributed by atoms with E-state index in [0.29, 0.717) is 6.04 Å². The molecule has 1 saturated heterocycles. The van der Waals surface area contributed by atoms with Crippen molar-refractivity contribution >= 4 is 0 Å². The Bertz CT molecular complexity index is 359. The van der Waals surface area contributed by atoms with E-state index < -0.39 is 0 Å². The van der Waals surface area contributed by atoms with Crippen LogP contribution in [0.5, 0.6) is 0 Å². The molecular weight excluding hydrogens is 220 g/mol. The van der Waals surface area contributed by atoms with Crippen molar-refractivity contribution in [1.82, 2.24) is 10.2 Å². The first-order valence-corrected chi connectivity index (χ1v) is 7.42. The maximum absolute atomic E-state index is 3.64. The monoisotopic (exact) mass is 244 g/mol. The van der Waals surface area contributed by atoms with Crippen LogP contribution in [0.15, 0.2) is 30.3 Å². The summed E-state index contributed by atoms with van der Waals surface area (Å²) < 4.78 is 0. The van der Waals surface area contributed by atoms with E-state index in [4.69, 9.17) is 0 Å². The third-order valence-corrected chi connectivity index (χ3v) is 4.54. The molecule has 98 valence electrons. The highest BCUT2D eigenvalue weighted by Gasteiger charge is 2.22. The lowest BCUT2D eigenvalue weighted by Gasteiger charge is -2.36. The SMILES string of the molecule is c1ccc(C2CN(CCC3CCC3)CCN2)cc1. The van der Waals surface area contributed by atoms with Crippen molar-refractivity contribution in [3.8, 4) is 0 Å². The van der Waals surface area contributed by atoms with Crippen molar-refractivity contribution in [2.24, 2.45) is 5.92 Å². The highest BCUT2D eigenvalue weighted by atomic mass is 15.2. The summed E-state index contributed by atoms with van der Waals surface area (Å²) in [6.07, 6.45) is 5.85. The number of benzene rings is 1. The normalized spacial score (nSPS) is 25.9. The number of hydrogen-bond acceptors (Lipinski definition) is 2. The van der Waals surface area contributed by atoms with Crippen LogP contribution in [0.2, 0.25) is 0 Å². The number of nitrogens with zero attached hydrogens (tertiary/aromatic N) is 1. The van der Waals surface area contributed by atoms with Gasteiger partial charge in [0.15, 0.2) is 0 Å². The molecule has 18 heavy (non-hydrogen) atoms. The molecule has 0 spiro atoms. The molecule has 0 bridgehead atoms. The molecule has 0 radical (unpaired) electrons. The van der Waals surface area contributed by atoms with Gasteiger partial charge in [0.1, 0.15) is 0 Å². The lowest BCUT2D eigenvalue weighted by Crippen LogP contribution is -2.46. The van der Waals surface area contributed by atoms with Crippen molar-refractivity contribution in [2.45, 2.75) is 31.7 Å². The fourth-order valence-corrected chi connectivity index (χ4v) is 3.07. The highest BCUT2D eigenvalue weighted by molar-refractivity contribution is 5.19. The highest BCUT2D eigenvalue weighted by Crippen LogP contribution is 2.29. The molecule has 1 atom stereocenters. The Kier molecular flexibility index (Phi) is 3.96. The van der Waals surface area contributed by atoms with Gasteiger partial charge in [-0.25, -0.2) is 0 Å². The number of rotatable bonds is 4. The Morgan fingerprint density at radius 1 is 1.17 bits per heavy atom. The van der Waals surface area contributed by atoms with Gasteiger partial charge in [-0.2, -0.15) is 0 Å².